The predicted molar refractivity (Wildman–Crippen MR) is 84.8 cm³/mol. The first-order chi connectivity index (χ1) is 10.2. The molecule has 0 spiro atoms. The van der Waals surface area contributed by atoms with E-state index in [1.165, 1.54) is 6.42 Å². The highest BCUT2D eigenvalue weighted by Crippen LogP contribution is 2.32. The van der Waals surface area contributed by atoms with Gasteiger partial charge in [0.15, 0.2) is 0 Å². The summed E-state index contributed by atoms with van der Waals surface area (Å²) in [7, 11) is 4.24. The van der Waals surface area contributed by atoms with Crippen LogP contribution in [0.3, 0.4) is 0 Å². The molecule has 112 valence electrons. The second-order valence-corrected chi connectivity index (χ2v) is 5.56. The van der Waals surface area contributed by atoms with Crippen molar-refractivity contribution >= 4 is 16.7 Å². The van der Waals surface area contributed by atoms with E-state index in [0.717, 1.165) is 29.7 Å². The van der Waals surface area contributed by atoms with Crippen LogP contribution in [0.25, 0.3) is 10.9 Å². The molecule has 1 atom stereocenters. The van der Waals surface area contributed by atoms with Crippen molar-refractivity contribution in [3.8, 4) is 6.01 Å². The number of hydrogen-bond donors (Lipinski definition) is 0. The highest BCUT2D eigenvalue weighted by Gasteiger charge is 2.29. The Kier molecular flexibility index (Phi) is 3.92. The van der Waals surface area contributed by atoms with Gasteiger partial charge in [-0.05, 0) is 46.0 Å². The molecule has 0 bridgehead atoms. The summed E-state index contributed by atoms with van der Waals surface area (Å²) in [6, 6.07) is 8.61. The molecule has 1 saturated heterocycles. The third-order valence-corrected chi connectivity index (χ3v) is 3.93. The SMILES string of the molecule is CCOc1nc(N2CCCC2N(C)C)c2ccccc2n1. The quantitative estimate of drug-likeness (QED) is 0.864. The first kappa shape index (κ1) is 14.1. The summed E-state index contributed by atoms with van der Waals surface area (Å²) in [5, 5.41) is 1.09. The number of benzene rings is 1. The Labute approximate surface area is 125 Å². The van der Waals surface area contributed by atoms with Gasteiger partial charge in [0.25, 0.3) is 0 Å². The minimum atomic E-state index is 0.387. The molecule has 0 saturated carbocycles. The molecule has 1 aromatic heterocycles. The van der Waals surface area contributed by atoms with Gasteiger partial charge in [-0.15, -0.1) is 0 Å². The van der Waals surface area contributed by atoms with E-state index < -0.39 is 0 Å². The van der Waals surface area contributed by atoms with E-state index in [1.807, 2.05) is 25.1 Å². The van der Waals surface area contributed by atoms with Gasteiger partial charge in [0.05, 0.1) is 18.3 Å². The van der Waals surface area contributed by atoms with Crippen molar-refractivity contribution in [1.82, 2.24) is 14.9 Å². The van der Waals surface area contributed by atoms with Crippen LogP contribution in [-0.2, 0) is 0 Å². The number of aromatic nitrogens is 2. The third-order valence-electron chi connectivity index (χ3n) is 3.93. The topological polar surface area (TPSA) is 41.5 Å². The summed E-state index contributed by atoms with van der Waals surface area (Å²) in [5.74, 6) is 0.986. The number of fused-ring (bicyclic) bond motifs is 1. The zero-order chi connectivity index (χ0) is 14.8. The molecule has 1 aromatic carbocycles. The van der Waals surface area contributed by atoms with Gasteiger partial charge in [-0.1, -0.05) is 12.1 Å². The van der Waals surface area contributed by atoms with Gasteiger partial charge in [-0.3, -0.25) is 4.90 Å². The fourth-order valence-electron chi connectivity index (χ4n) is 2.98. The minimum absolute atomic E-state index is 0.387. The highest BCUT2D eigenvalue weighted by molar-refractivity contribution is 5.90. The van der Waals surface area contributed by atoms with Crippen LogP contribution in [0, 0.1) is 0 Å². The number of hydrogen-bond acceptors (Lipinski definition) is 5. The predicted octanol–water partition coefficient (Wildman–Crippen LogP) is 2.52. The smallest absolute Gasteiger partial charge is 0.318 e. The lowest BCUT2D eigenvalue weighted by Crippen LogP contribution is -2.41. The van der Waals surface area contributed by atoms with E-state index in [9.17, 15) is 0 Å². The molecule has 1 unspecified atom stereocenters. The molecule has 0 aliphatic carbocycles. The van der Waals surface area contributed by atoms with Crippen molar-refractivity contribution < 1.29 is 4.74 Å². The average molecular weight is 286 g/mol. The van der Waals surface area contributed by atoms with E-state index in [2.05, 4.69) is 39.9 Å². The summed E-state index contributed by atoms with van der Waals surface area (Å²) in [6.45, 7) is 3.56. The molecule has 2 heterocycles. The van der Waals surface area contributed by atoms with Crippen LogP contribution in [-0.4, -0.2) is 48.3 Å². The summed E-state index contributed by atoms with van der Waals surface area (Å²) in [5.41, 5.74) is 0.940. The second-order valence-electron chi connectivity index (χ2n) is 5.56. The van der Waals surface area contributed by atoms with Crippen LogP contribution in [0.5, 0.6) is 6.01 Å². The van der Waals surface area contributed by atoms with E-state index in [0.29, 0.717) is 18.8 Å². The normalized spacial score (nSPS) is 18.7. The number of para-hydroxylation sites is 1. The van der Waals surface area contributed by atoms with Gasteiger partial charge >= 0.3 is 6.01 Å². The Bertz CT molecular complexity index is 629. The van der Waals surface area contributed by atoms with Crippen molar-refractivity contribution in [3.63, 3.8) is 0 Å². The molecule has 1 aliphatic rings. The molecule has 2 aromatic rings. The summed E-state index contributed by atoms with van der Waals surface area (Å²) in [4.78, 5) is 13.8. The maximum Gasteiger partial charge on any atom is 0.318 e. The molecule has 0 amide bonds. The summed E-state index contributed by atoms with van der Waals surface area (Å²) >= 11 is 0. The van der Waals surface area contributed by atoms with Gasteiger partial charge in [0, 0.05) is 11.9 Å². The lowest BCUT2D eigenvalue weighted by atomic mass is 10.2. The molecule has 0 N–H and O–H groups in total. The number of ether oxygens (including phenoxy) is 1. The van der Waals surface area contributed by atoms with Gasteiger partial charge in [0.1, 0.15) is 5.82 Å². The van der Waals surface area contributed by atoms with Crippen LogP contribution in [0.15, 0.2) is 24.3 Å². The first-order valence-electron chi connectivity index (χ1n) is 7.53. The van der Waals surface area contributed by atoms with Crippen LogP contribution in [0.4, 0.5) is 5.82 Å². The molecule has 5 heteroatoms. The van der Waals surface area contributed by atoms with E-state index in [-0.39, 0.29) is 0 Å². The second kappa shape index (κ2) is 5.85. The number of anilines is 1. The average Bonchev–Trinajstić information content (AvgIpc) is 2.96. The van der Waals surface area contributed by atoms with Gasteiger partial charge in [0.2, 0.25) is 0 Å². The van der Waals surface area contributed by atoms with Crippen molar-refractivity contribution in [3.05, 3.63) is 24.3 Å². The third kappa shape index (κ3) is 2.65. The lowest BCUT2D eigenvalue weighted by molar-refractivity contribution is 0.296. The van der Waals surface area contributed by atoms with Crippen LogP contribution in [0.1, 0.15) is 19.8 Å². The largest absolute Gasteiger partial charge is 0.464 e. The Morgan fingerprint density at radius 3 is 2.86 bits per heavy atom. The minimum Gasteiger partial charge on any atom is -0.464 e. The summed E-state index contributed by atoms with van der Waals surface area (Å²) < 4.78 is 5.55. The van der Waals surface area contributed by atoms with Crippen molar-refractivity contribution in [2.45, 2.75) is 25.9 Å². The Hall–Kier alpha value is -1.88. The van der Waals surface area contributed by atoms with E-state index in [4.69, 9.17) is 4.74 Å². The molecule has 0 radical (unpaired) electrons. The molecular formula is C16H22N4O. The Balaban J connectivity index is 2.11. The van der Waals surface area contributed by atoms with Gasteiger partial charge < -0.3 is 9.64 Å². The Morgan fingerprint density at radius 1 is 1.29 bits per heavy atom. The molecule has 3 rings (SSSR count). The maximum atomic E-state index is 5.55. The molecule has 21 heavy (non-hydrogen) atoms. The molecule has 1 aliphatic heterocycles. The lowest BCUT2D eigenvalue weighted by Gasteiger charge is -2.31. The van der Waals surface area contributed by atoms with Crippen molar-refractivity contribution in [2.24, 2.45) is 0 Å². The number of rotatable bonds is 4. The van der Waals surface area contributed by atoms with Crippen molar-refractivity contribution in [2.75, 3.05) is 32.1 Å². The monoisotopic (exact) mass is 286 g/mol. The number of nitrogens with zero attached hydrogens (tertiary/aromatic N) is 4. The molecule has 5 nitrogen and oxygen atoms in total. The van der Waals surface area contributed by atoms with Gasteiger partial charge in [-0.2, -0.15) is 9.97 Å². The van der Waals surface area contributed by atoms with Gasteiger partial charge in [-0.25, -0.2) is 0 Å². The molecular weight excluding hydrogens is 264 g/mol. The van der Waals surface area contributed by atoms with Crippen LogP contribution < -0.4 is 9.64 Å². The first-order valence-corrected chi connectivity index (χ1v) is 7.53. The van der Waals surface area contributed by atoms with Crippen LogP contribution >= 0.6 is 0 Å². The summed E-state index contributed by atoms with van der Waals surface area (Å²) in [6.07, 6.45) is 2.73. The van der Waals surface area contributed by atoms with E-state index >= 15 is 0 Å². The van der Waals surface area contributed by atoms with E-state index in [1.54, 1.807) is 0 Å². The fourth-order valence-corrected chi connectivity index (χ4v) is 2.98. The van der Waals surface area contributed by atoms with Crippen LogP contribution in [0.2, 0.25) is 0 Å². The maximum absolute atomic E-state index is 5.55. The molecule has 1 fully saturated rings. The fraction of sp³-hybridized carbons (Fsp3) is 0.500. The Morgan fingerprint density at radius 2 is 2.10 bits per heavy atom. The highest BCUT2D eigenvalue weighted by atomic mass is 16.5. The van der Waals surface area contributed by atoms with Crippen molar-refractivity contribution in [1.29, 1.82) is 0 Å². The zero-order valence-corrected chi connectivity index (χ0v) is 12.9. The zero-order valence-electron chi connectivity index (χ0n) is 12.9. The standard InChI is InChI=1S/C16H22N4O/c1-4-21-16-17-13-9-6-5-8-12(13)15(18-16)20-11-7-10-14(20)19(2)3/h5-6,8-9,14H,4,7,10-11H2,1-3H3.